The second kappa shape index (κ2) is 9.16. The molecule has 0 aliphatic carbocycles. The van der Waals surface area contributed by atoms with Crippen molar-refractivity contribution in [3.63, 3.8) is 0 Å². The Labute approximate surface area is 168 Å². The summed E-state index contributed by atoms with van der Waals surface area (Å²) in [5.74, 6) is 0.463. The number of aromatic nitrogens is 1. The number of carbonyl (C=O) groups excluding carboxylic acids is 2. The van der Waals surface area contributed by atoms with Crippen molar-refractivity contribution in [1.29, 1.82) is 0 Å². The smallest absolute Gasteiger partial charge is 0.225 e. The third-order valence-electron chi connectivity index (χ3n) is 4.90. The summed E-state index contributed by atoms with van der Waals surface area (Å²) in [6.45, 7) is 2.87. The van der Waals surface area contributed by atoms with Gasteiger partial charge in [0.15, 0.2) is 0 Å². The van der Waals surface area contributed by atoms with E-state index >= 15 is 0 Å². The van der Waals surface area contributed by atoms with Crippen LogP contribution in [-0.4, -0.2) is 47.9 Å². The van der Waals surface area contributed by atoms with E-state index in [1.165, 1.54) is 18.3 Å². The first kappa shape index (κ1) is 20.3. The predicted octanol–water partition coefficient (Wildman–Crippen LogP) is 2.02. The van der Waals surface area contributed by atoms with E-state index in [4.69, 9.17) is 10.5 Å². The maximum Gasteiger partial charge on any atom is 0.225 e. The molecule has 0 saturated carbocycles. The molecule has 1 aromatic carbocycles. The molecule has 1 saturated heterocycles. The highest BCUT2D eigenvalue weighted by Crippen LogP contribution is 2.28. The summed E-state index contributed by atoms with van der Waals surface area (Å²) in [4.78, 5) is 31.5. The van der Waals surface area contributed by atoms with Crippen LogP contribution in [0.5, 0.6) is 5.75 Å². The average molecular weight is 403 g/mol. The number of likely N-dealkylation sites (tertiary alicyclic amines) is 1. The normalized spacial score (nSPS) is 19.8. The largest absolute Gasteiger partial charge is 0.497 e. The molecule has 2 amide bonds. The summed E-state index contributed by atoms with van der Waals surface area (Å²) in [6.07, 6.45) is 3.21. The van der Waals surface area contributed by atoms with Gasteiger partial charge in [-0.25, -0.2) is 4.98 Å². The van der Waals surface area contributed by atoms with Crippen molar-refractivity contribution in [1.82, 2.24) is 15.2 Å². The van der Waals surface area contributed by atoms with Gasteiger partial charge in [0.2, 0.25) is 11.8 Å². The van der Waals surface area contributed by atoms with Crippen molar-refractivity contribution >= 4 is 23.2 Å². The van der Waals surface area contributed by atoms with E-state index in [1.807, 2.05) is 24.3 Å². The third-order valence-corrected chi connectivity index (χ3v) is 5.95. The number of rotatable bonds is 5. The van der Waals surface area contributed by atoms with Crippen molar-refractivity contribution in [3.8, 4) is 16.3 Å². The molecule has 1 aromatic heterocycles. The van der Waals surface area contributed by atoms with Crippen molar-refractivity contribution in [2.75, 3.05) is 20.2 Å². The number of nitrogens with one attached hydrogen (secondary N) is 1. The van der Waals surface area contributed by atoms with Gasteiger partial charge in [-0.2, -0.15) is 0 Å². The molecule has 28 heavy (non-hydrogen) atoms. The Morgan fingerprint density at radius 2 is 2.18 bits per heavy atom. The number of methoxy groups -OCH3 is 1. The fraction of sp³-hybridized carbons (Fsp3) is 0.450. The summed E-state index contributed by atoms with van der Waals surface area (Å²) in [7, 11) is 1.63. The highest BCUT2D eigenvalue weighted by Gasteiger charge is 2.28. The van der Waals surface area contributed by atoms with Crippen LogP contribution >= 0.6 is 11.3 Å². The van der Waals surface area contributed by atoms with Crippen LogP contribution < -0.4 is 15.8 Å². The van der Waals surface area contributed by atoms with Gasteiger partial charge >= 0.3 is 0 Å². The number of nitrogens with two attached hydrogens (primary N) is 1. The van der Waals surface area contributed by atoms with Gasteiger partial charge in [-0.3, -0.25) is 9.59 Å². The van der Waals surface area contributed by atoms with Crippen LogP contribution in [-0.2, 0) is 16.1 Å². The van der Waals surface area contributed by atoms with Crippen molar-refractivity contribution < 1.29 is 14.3 Å². The Hall–Kier alpha value is -2.45. The van der Waals surface area contributed by atoms with Crippen molar-refractivity contribution in [3.05, 3.63) is 35.3 Å². The fourth-order valence-electron chi connectivity index (χ4n) is 3.29. The first-order chi connectivity index (χ1) is 13.5. The second-order valence-electron chi connectivity index (χ2n) is 7.04. The van der Waals surface area contributed by atoms with Crippen LogP contribution in [0.4, 0.5) is 0 Å². The molecule has 0 unspecified atom stereocenters. The lowest BCUT2D eigenvalue weighted by Crippen LogP contribution is -2.42. The number of thiazole rings is 1. The first-order valence-corrected chi connectivity index (χ1v) is 10.2. The molecule has 2 heterocycles. The minimum absolute atomic E-state index is 0.0412. The molecule has 1 fully saturated rings. The first-order valence-electron chi connectivity index (χ1n) is 9.34. The topological polar surface area (TPSA) is 97.5 Å². The highest BCUT2D eigenvalue weighted by atomic mass is 32.1. The van der Waals surface area contributed by atoms with Crippen LogP contribution in [0.25, 0.3) is 10.6 Å². The lowest BCUT2D eigenvalue weighted by atomic mass is 10.0. The summed E-state index contributed by atoms with van der Waals surface area (Å²) in [6, 6.07) is 7.66. The zero-order valence-corrected chi connectivity index (χ0v) is 17.0. The van der Waals surface area contributed by atoms with Crippen LogP contribution in [0, 0.1) is 5.92 Å². The lowest BCUT2D eigenvalue weighted by molar-refractivity contribution is -0.131. The standard InChI is InChI=1S/C20H26N4O3S/c1-13(25)24-11-15(6-7-16(21)12-24)19(26)22-9-18-10-23-20(28-18)14-4-3-5-17(8-14)27-2/h3-5,8,10,15-16H,6-7,9,11-12,21H2,1-2H3,(H,22,26)/t15-,16+/m1/s1. The molecular formula is C20H26N4O3S. The molecule has 3 N–H and O–H groups in total. The Morgan fingerprint density at radius 1 is 1.36 bits per heavy atom. The Morgan fingerprint density at radius 3 is 2.93 bits per heavy atom. The van der Waals surface area contributed by atoms with Crippen LogP contribution in [0.3, 0.4) is 0 Å². The Bertz CT molecular complexity index is 838. The maximum atomic E-state index is 12.6. The molecule has 0 spiro atoms. The van der Waals surface area contributed by atoms with E-state index in [9.17, 15) is 9.59 Å². The number of nitrogens with zero attached hydrogens (tertiary/aromatic N) is 2. The lowest BCUT2D eigenvalue weighted by Gasteiger charge is -2.23. The third kappa shape index (κ3) is 5.08. The molecule has 1 aliphatic heterocycles. The predicted molar refractivity (Wildman–Crippen MR) is 109 cm³/mol. The molecule has 0 radical (unpaired) electrons. The van der Waals surface area contributed by atoms with Gasteiger partial charge in [0.05, 0.1) is 19.6 Å². The summed E-state index contributed by atoms with van der Waals surface area (Å²) < 4.78 is 5.26. The van der Waals surface area contributed by atoms with E-state index in [0.717, 1.165) is 27.6 Å². The number of amides is 2. The monoisotopic (exact) mass is 402 g/mol. The second-order valence-corrected chi connectivity index (χ2v) is 8.16. The minimum atomic E-state index is -0.233. The number of hydrogen-bond donors (Lipinski definition) is 2. The zero-order chi connectivity index (χ0) is 20.1. The van der Waals surface area contributed by atoms with Crippen molar-refractivity contribution in [2.24, 2.45) is 11.7 Å². The van der Waals surface area contributed by atoms with Gasteiger partial charge in [0, 0.05) is 42.7 Å². The zero-order valence-electron chi connectivity index (χ0n) is 16.2. The summed E-state index contributed by atoms with van der Waals surface area (Å²) in [5, 5.41) is 3.87. The van der Waals surface area contributed by atoms with Gasteiger partial charge in [-0.1, -0.05) is 12.1 Å². The van der Waals surface area contributed by atoms with Gasteiger partial charge in [-0.05, 0) is 25.0 Å². The number of ether oxygens (including phenoxy) is 1. The SMILES string of the molecule is COc1cccc(-c2ncc(CNC(=O)[C@@H]3CC[C@H](N)CN(C(C)=O)C3)s2)c1. The number of benzene rings is 1. The van der Waals surface area contributed by atoms with Crippen molar-refractivity contribution in [2.45, 2.75) is 32.4 Å². The van der Waals surface area contributed by atoms with Gasteiger partial charge in [0.25, 0.3) is 0 Å². The molecule has 0 bridgehead atoms. The van der Waals surface area contributed by atoms with E-state index in [0.29, 0.717) is 26.1 Å². The molecule has 2 aromatic rings. The molecule has 2 atom stereocenters. The quantitative estimate of drug-likeness (QED) is 0.797. The van der Waals surface area contributed by atoms with Gasteiger partial charge < -0.3 is 20.7 Å². The summed E-state index contributed by atoms with van der Waals surface area (Å²) in [5.41, 5.74) is 7.01. The molecule has 8 heteroatoms. The highest BCUT2D eigenvalue weighted by molar-refractivity contribution is 7.15. The molecule has 150 valence electrons. The van der Waals surface area contributed by atoms with Gasteiger partial charge in [-0.15, -0.1) is 11.3 Å². The molecule has 3 rings (SSSR count). The van der Waals surface area contributed by atoms with E-state index < -0.39 is 0 Å². The van der Waals surface area contributed by atoms with Crippen LogP contribution in [0.15, 0.2) is 30.5 Å². The maximum absolute atomic E-state index is 12.6. The van der Waals surface area contributed by atoms with Gasteiger partial charge in [0.1, 0.15) is 10.8 Å². The minimum Gasteiger partial charge on any atom is -0.497 e. The molecule has 1 aliphatic rings. The van der Waals surface area contributed by atoms with Crippen LogP contribution in [0.2, 0.25) is 0 Å². The Balaban J connectivity index is 1.60. The molecular weight excluding hydrogens is 376 g/mol. The van der Waals surface area contributed by atoms with E-state index in [2.05, 4.69) is 10.3 Å². The Kier molecular flexibility index (Phi) is 6.64. The number of carbonyl (C=O) groups is 2. The van der Waals surface area contributed by atoms with E-state index in [1.54, 1.807) is 18.2 Å². The average Bonchev–Trinajstić information content (AvgIpc) is 3.08. The van der Waals surface area contributed by atoms with Crippen LogP contribution in [0.1, 0.15) is 24.6 Å². The number of hydrogen-bond acceptors (Lipinski definition) is 6. The van der Waals surface area contributed by atoms with E-state index in [-0.39, 0.29) is 23.8 Å². The molecule has 7 nitrogen and oxygen atoms in total. The fourth-order valence-corrected chi connectivity index (χ4v) is 4.14. The summed E-state index contributed by atoms with van der Waals surface area (Å²) >= 11 is 1.54.